The third-order valence-electron chi connectivity index (χ3n) is 3.96. The standard InChI is InChI=1S/C17H18FNO2S2/c1-11-6-7-12(2)16(10-11)23(20,21)19-15-8-9-22-17-13(15)4-3-5-14(17)18/h3-7,10,15,19H,8-9H2,1-2H3. The SMILES string of the molecule is Cc1ccc(C)c(S(=O)(=O)NC2CCSc3c(F)cccc32)c1. The van der Waals surface area contributed by atoms with Gasteiger partial charge in [0, 0.05) is 10.9 Å². The number of sulfonamides is 1. The molecule has 0 spiro atoms. The lowest BCUT2D eigenvalue weighted by molar-refractivity contribution is 0.533. The van der Waals surface area contributed by atoms with E-state index in [4.69, 9.17) is 0 Å². The summed E-state index contributed by atoms with van der Waals surface area (Å²) in [6.45, 7) is 3.64. The van der Waals surface area contributed by atoms with Gasteiger partial charge >= 0.3 is 0 Å². The molecule has 1 N–H and O–H groups in total. The summed E-state index contributed by atoms with van der Waals surface area (Å²) in [7, 11) is -3.65. The summed E-state index contributed by atoms with van der Waals surface area (Å²) in [6, 6.07) is 9.78. The molecule has 2 aromatic rings. The highest BCUT2D eigenvalue weighted by molar-refractivity contribution is 7.99. The second-order valence-electron chi connectivity index (χ2n) is 5.74. The van der Waals surface area contributed by atoms with Crippen LogP contribution in [0.3, 0.4) is 0 Å². The summed E-state index contributed by atoms with van der Waals surface area (Å²) in [4.78, 5) is 0.834. The van der Waals surface area contributed by atoms with Crippen LogP contribution < -0.4 is 4.72 Å². The topological polar surface area (TPSA) is 46.2 Å². The molecule has 0 bridgehead atoms. The van der Waals surface area contributed by atoms with Crippen molar-refractivity contribution < 1.29 is 12.8 Å². The zero-order chi connectivity index (χ0) is 16.6. The Labute approximate surface area is 140 Å². The number of nitrogens with one attached hydrogen (secondary N) is 1. The summed E-state index contributed by atoms with van der Waals surface area (Å²) in [5, 5.41) is 0. The van der Waals surface area contributed by atoms with Gasteiger partial charge in [0.2, 0.25) is 10.0 Å². The molecule has 3 nitrogen and oxygen atoms in total. The highest BCUT2D eigenvalue weighted by Crippen LogP contribution is 2.38. The third kappa shape index (κ3) is 3.29. The van der Waals surface area contributed by atoms with Crippen LogP contribution in [0.4, 0.5) is 4.39 Å². The van der Waals surface area contributed by atoms with Crippen LogP contribution in [0.1, 0.15) is 29.2 Å². The minimum atomic E-state index is -3.65. The molecule has 6 heteroatoms. The van der Waals surface area contributed by atoms with Crippen molar-refractivity contribution in [3.05, 3.63) is 58.9 Å². The molecule has 0 saturated heterocycles. The van der Waals surface area contributed by atoms with Gasteiger partial charge in [0.05, 0.1) is 4.90 Å². The van der Waals surface area contributed by atoms with Gasteiger partial charge in [0.25, 0.3) is 0 Å². The van der Waals surface area contributed by atoms with Crippen molar-refractivity contribution in [1.29, 1.82) is 0 Å². The van der Waals surface area contributed by atoms with Gasteiger partial charge in [-0.2, -0.15) is 0 Å². The van der Waals surface area contributed by atoms with E-state index >= 15 is 0 Å². The Balaban J connectivity index is 1.97. The highest BCUT2D eigenvalue weighted by atomic mass is 32.2. The van der Waals surface area contributed by atoms with Crippen LogP contribution in [0.15, 0.2) is 46.2 Å². The Morgan fingerprint density at radius 3 is 2.78 bits per heavy atom. The predicted molar refractivity (Wildman–Crippen MR) is 90.7 cm³/mol. The number of halogens is 1. The number of benzene rings is 2. The van der Waals surface area contributed by atoms with Gasteiger partial charge < -0.3 is 0 Å². The number of hydrogen-bond donors (Lipinski definition) is 1. The van der Waals surface area contributed by atoms with E-state index in [2.05, 4.69) is 4.72 Å². The third-order valence-corrected chi connectivity index (χ3v) is 6.73. The molecule has 23 heavy (non-hydrogen) atoms. The summed E-state index contributed by atoms with van der Waals surface area (Å²) in [5.41, 5.74) is 2.31. The Morgan fingerprint density at radius 1 is 1.22 bits per heavy atom. The highest BCUT2D eigenvalue weighted by Gasteiger charge is 2.28. The molecule has 0 fully saturated rings. The first kappa shape index (κ1) is 16.5. The number of fused-ring (bicyclic) bond motifs is 1. The minimum absolute atomic E-state index is 0.286. The van der Waals surface area contributed by atoms with Crippen LogP contribution in [0.25, 0.3) is 0 Å². The van der Waals surface area contributed by atoms with E-state index < -0.39 is 16.1 Å². The Hall–Kier alpha value is -1.37. The van der Waals surface area contributed by atoms with Gasteiger partial charge in [0.15, 0.2) is 0 Å². The summed E-state index contributed by atoms with van der Waals surface area (Å²) in [5.74, 6) is 0.400. The Kier molecular flexibility index (Phi) is 4.49. The van der Waals surface area contributed by atoms with E-state index in [9.17, 15) is 12.8 Å². The zero-order valence-electron chi connectivity index (χ0n) is 13.0. The molecule has 0 radical (unpaired) electrons. The first-order chi connectivity index (χ1) is 10.9. The van der Waals surface area contributed by atoms with Gasteiger partial charge in [-0.15, -0.1) is 11.8 Å². The van der Waals surface area contributed by atoms with Crippen molar-refractivity contribution in [2.45, 2.75) is 36.1 Å². The number of rotatable bonds is 3. The van der Waals surface area contributed by atoms with Crippen LogP contribution in [0.5, 0.6) is 0 Å². The molecule has 122 valence electrons. The van der Waals surface area contributed by atoms with Gasteiger partial charge in [-0.1, -0.05) is 24.3 Å². The van der Waals surface area contributed by atoms with E-state index in [1.807, 2.05) is 13.0 Å². The quantitative estimate of drug-likeness (QED) is 0.910. The van der Waals surface area contributed by atoms with Crippen molar-refractivity contribution in [1.82, 2.24) is 4.72 Å². The van der Waals surface area contributed by atoms with Crippen LogP contribution >= 0.6 is 11.8 Å². The molecule has 0 amide bonds. The van der Waals surface area contributed by atoms with Crippen molar-refractivity contribution >= 4 is 21.8 Å². The summed E-state index contributed by atoms with van der Waals surface area (Å²) in [6.07, 6.45) is 0.644. The lowest BCUT2D eigenvalue weighted by Gasteiger charge is -2.26. The number of hydrogen-bond acceptors (Lipinski definition) is 3. The molecular weight excluding hydrogens is 333 g/mol. The average molecular weight is 351 g/mol. The molecule has 1 aliphatic heterocycles. The molecule has 2 aromatic carbocycles. The van der Waals surface area contributed by atoms with E-state index in [0.717, 1.165) is 11.1 Å². The molecule has 0 aromatic heterocycles. The van der Waals surface area contributed by atoms with Crippen LogP contribution in [-0.4, -0.2) is 14.2 Å². The van der Waals surface area contributed by atoms with Gasteiger partial charge in [-0.3, -0.25) is 0 Å². The lowest BCUT2D eigenvalue weighted by atomic mass is 10.0. The van der Waals surface area contributed by atoms with Crippen LogP contribution in [0, 0.1) is 19.7 Å². The summed E-state index contributed by atoms with van der Waals surface area (Å²) < 4.78 is 42.2. The van der Waals surface area contributed by atoms with Crippen molar-refractivity contribution in [3.8, 4) is 0 Å². The van der Waals surface area contributed by atoms with E-state index in [1.165, 1.54) is 17.8 Å². The maximum Gasteiger partial charge on any atom is 0.241 e. The molecule has 0 aliphatic carbocycles. The van der Waals surface area contributed by atoms with E-state index in [-0.39, 0.29) is 10.7 Å². The van der Waals surface area contributed by atoms with E-state index in [0.29, 0.717) is 22.6 Å². The zero-order valence-corrected chi connectivity index (χ0v) is 14.6. The van der Waals surface area contributed by atoms with Gasteiger partial charge in [-0.25, -0.2) is 17.5 Å². The molecule has 1 atom stereocenters. The van der Waals surface area contributed by atoms with E-state index in [1.54, 1.807) is 31.2 Å². The van der Waals surface area contributed by atoms with Gasteiger partial charge in [-0.05, 0) is 54.8 Å². The minimum Gasteiger partial charge on any atom is -0.207 e. The van der Waals surface area contributed by atoms with Crippen LogP contribution in [-0.2, 0) is 10.0 Å². The molecule has 1 aliphatic rings. The Morgan fingerprint density at radius 2 is 2.00 bits per heavy atom. The fraction of sp³-hybridized carbons (Fsp3) is 0.294. The number of thioether (sulfide) groups is 1. The fourth-order valence-corrected chi connectivity index (χ4v) is 5.48. The molecule has 1 heterocycles. The smallest absolute Gasteiger partial charge is 0.207 e. The second kappa shape index (κ2) is 6.26. The molecular formula is C17H18FNO2S2. The molecule has 1 unspecified atom stereocenters. The first-order valence-corrected chi connectivity index (χ1v) is 9.86. The monoisotopic (exact) mass is 351 g/mol. The fourth-order valence-electron chi connectivity index (χ4n) is 2.76. The van der Waals surface area contributed by atoms with Crippen molar-refractivity contribution in [3.63, 3.8) is 0 Å². The van der Waals surface area contributed by atoms with Crippen molar-refractivity contribution in [2.24, 2.45) is 0 Å². The predicted octanol–water partition coefficient (Wildman–Crippen LogP) is 3.96. The van der Waals surface area contributed by atoms with Crippen molar-refractivity contribution in [2.75, 3.05) is 5.75 Å². The maximum atomic E-state index is 13.9. The maximum absolute atomic E-state index is 13.9. The molecule has 3 rings (SSSR count). The lowest BCUT2D eigenvalue weighted by Crippen LogP contribution is -2.31. The van der Waals surface area contributed by atoms with Gasteiger partial charge in [0.1, 0.15) is 5.82 Å². The van der Waals surface area contributed by atoms with Crippen LogP contribution in [0.2, 0.25) is 0 Å². The number of aryl methyl sites for hydroxylation is 2. The normalized spacial score (nSPS) is 17.8. The Bertz CT molecular complexity index is 850. The summed E-state index contributed by atoms with van der Waals surface area (Å²) >= 11 is 1.44. The molecule has 0 saturated carbocycles. The average Bonchev–Trinajstić information content (AvgIpc) is 2.50. The first-order valence-electron chi connectivity index (χ1n) is 7.39. The second-order valence-corrected chi connectivity index (χ2v) is 8.53. The largest absolute Gasteiger partial charge is 0.241 e.